The van der Waals surface area contributed by atoms with Gasteiger partial charge >= 0.3 is 0 Å². The van der Waals surface area contributed by atoms with E-state index in [-0.39, 0.29) is 17.9 Å². The number of furan rings is 1. The average Bonchev–Trinajstić information content (AvgIpc) is 3.16. The van der Waals surface area contributed by atoms with Gasteiger partial charge in [-0.3, -0.25) is 14.4 Å². The fourth-order valence-corrected chi connectivity index (χ4v) is 3.80. The van der Waals surface area contributed by atoms with Gasteiger partial charge in [-0.15, -0.1) is 0 Å². The van der Waals surface area contributed by atoms with Crippen LogP contribution in [0.1, 0.15) is 48.5 Å². The number of aryl methyl sites for hydroxylation is 2. The number of carbonyl (C=O) groups is 1. The van der Waals surface area contributed by atoms with E-state index in [1.165, 1.54) is 0 Å². The molecule has 2 aromatic rings. The van der Waals surface area contributed by atoms with Gasteiger partial charge in [-0.2, -0.15) is 5.10 Å². The van der Waals surface area contributed by atoms with Crippen molar-refractivity contribution >= 4 is 5.91 Å². The lowest BCUT2D eigenvalue weighted by Crippen LogP contribution is -2.41. The Bertz CT molecular complexity index is 712. The van der Waals surface area contributed by atoms with Crippen LogP contribution in [0, 0.1) is 19.8 Å². The molecule has 1 atom stereocenters. The standard InChI is InChI=1S/C19H28N4O2/c1-13(18-14(2)21-22(4)15(18)3)20-19(24)16-7-9-23(10-8-16)12-17-6-5-11-25-17/h5-6,11,13,16H,7-10,12H2,1-4H3,(H,20,24)/t13-/m1/s1. The van der Waals surface area contributed by atoms with Crippen LogP contribution in [0.3, 0.4) is 0 Å². The van der Waals surface area contributed by atoms with Gasteiger partial charge in [0.15, 0.2) is 0 Å². The Hall–Kier alpha value is -2.08. The zero-order valence-corrected chi connectivity index (χ0v) is 15.6. The van der Waals surface area contributed by atoms with Crippen molar-refractivity contribution < 1.29 is 9.21 Å². The first-order valence-corrected chi connectivity index (χ1v) is 9.01. The Labute approximate surface area is 149 Å². The van der Waals surface area contributed by atoms with Crippen LogP contribution in [-0.2, 0) is 18.4 Å². The van der Waals surface area contributed by atoms with Crippen LogP contribution in [0.25, 0.3) is 0 Å². The quantitative estimate of drug-likeness (QED) is 0.906. The van der Waals surface area contributed by atoms with Crippen LogP contribution in [-0.4, -0.2) is 33.7 Å². The number of nitrogens with one attached hydrogen (secondary N) is 1. The number of aromatic nitrogens is 2. The first-order valence-electron chi connectivity index (χ1n) is 9.01. The summed E-state index contributed by atoms with van der Waals surface area (Å²) < 4.78 is 7.28. The molecular weight excluding hydrogens is 316 g/mol. The number of likely N-dealkylation sites (tertiary alicyclic amines) is 1. The number of nitrogens with zero attached hydrogens (tertiary/aromatic N) is 3. The lowest BCUT2D eigenvalue weighted by molar-refractivity contribution is -0.127. The molecule has 0 aromatic carbocycles. The molecular formula is C19H28N4O2. The molecule has 3 rings (SSSR count). The summed E-state index contributed by atoms with van der Waals surface area (Å²) in [4.78, 5) is 15.0. The molecule has 0 spiro atoms. The molecule has 1 fully saturated rings. The van der Waals surface area contributed by atoms with E-state index in [1.54, 1.807) is 6.26 Å². The molecule has 6 nitrogen and oxygen atoms in total. The second kappa shape index (κ2) is 7.44. The zero-order chi connectivity index (χ0) is 18.0. The number of hydrogen-bond donors (Lipinski definition) is 1. The summed E-state index contributed by atoms with van der Waals surface area (Å²) in [5, 5.41) is 7.64. The molecule has 3 heterocycles. The Kier molecular flexibility index (Phi) is 5.27. The molecule has 6 heteroatoms. The summed E-state index contributed by atoms with van der Waals surface area (Å²) >= 11 is 0. The van der Waals surface area contributed by atoms with E-state index in [9.17, 15) is 4.79 Å². The highest BCUT2D eigenvalue weighted by molar-refractivity contribution is 5.79. The van der Waals surface area contributed by atoms with Gasteiger partial charge in [-0.05, 0) is 58.8 Å². The number of hydrogen-bond acceptors (Lipinski definition) is 4. The molecule has 1 aliphatic rings. The molecule has 1 amide bonds. The molecule has 1 saturated heterocycles. The zero-order valence-electron chi connectivity index (χ0n) is 15.6. The molecule has 0 aliphatic carbocycles. The monoisotopic (exact) mass is 344 g/mol. The molecule has 2 aromatic heterocycles. The predicted molar refractivity (Wildman–Crippen MR) is 95.9 cm³/mol. The minimum atomic E-state index is -0.0117. The molecule has 136 valence electrons. The number of piperidine rings is 1. The van der Waals surface area contributed by atoms with E-state index in [1.807, 2.05) is 44.6 Å². The lowest BCUT2D eigenvalue weighted by Gasteiger charge is -2.31. The molecule has 1 N–H and O–H groups in total. The summed E-state index contributed by atoms with van der Waals surface area (Å²) in [5.41, 5.74) is 3.23. The highest BCUT2D eigenvalue weighted by atomic mass is 16.3. The summed E-state index contributed by atoms with van der Waals surface area (Å²) in [6.45, 7) is 8.77. The van der Waals surface area contributed by atoms with E-state index in [2.05, 4.69) is 15.3 Å². The Morgan fingerprint density at radius 2 is 2.12 bits per heavy atom. The maximum Gasteiger partial charge on any atom is 0.223 e. The highest BCUT2D eigenvalue weighted by Gasteiger charge is 2.27. The largest absolute Gasteiger partial charge is 0.468 e. The van der Waals surface area contributed by atoms with Crippen LogP contribution in [0.15, 0.2) is 22.8 Å². The van der Waals surface area contributed by atoms with Crippen LogP contribution >= 0.6 is 0 Å². The number of carbonyl (C=O) groups excluding carboxylic acids is 1. The van der Waals surface area contributed by atoms with Gasteiger partial charge in [0.05, 0.1) is 24.5 Å². The van der Waals surface area contributed by atoms with Crippen molar-refractivity contribution in [3.8, 4) is 0 Å². The maximum atomic E-state index is 12.7. The summed E-state index contributed by atoms with van der Waals surface area (Å²) in [5.74, 6) is 1.24. The minimum absolute atomic E-state index is 0.0117. The van der Waals surface area contributed by atoms with E-state index in [4.69, 9.17) is 4.42 Å². The third-order valence-corrected chi connectivity index (χ3v) is 5.27. The third-order valence-electron chi connectivity index (χ3n) is 5.27. The smallest absolute Gasteiger partial charge is 0.223 e. The molecule has 1 aliphatic heterocycles. The normalized spacial score (nSPS) is 17.6. The maximum absolute atomic E-state index is 12.7. The van der Waals surface area contributed by atoms with Crippen molar-refractivity contribution in [3.63, 3.8) is 0 Å². The molecule has 25 heavy (non-hydrogen) atoms. The van der Waals surface area contributed by atoms with Crippen LogP contribution < -0.4 is 5.32 Å². The van der Waals surface area contributed by atoms with Crippen LogP contribution in [0.4, 0.5) is 0 Å². The highest BCUT2D eigenvalue weighted by Crippen LogP contribution is 2.24. The molecule has 0 unspecified atom stereocenters. The second-order valence-corrected chi connectivity index (χ2v) is 7.07. The van der Waals surface area contributed by atoms with Crippen molar-refractivity contribution in [3.05, 3.63) is 41.1 Å². The van der Waals surface area contributed by atoms with Crippen molar-refractivity contribution in [2.75, 3.05) is 13.1 Å². The first-order chi connectivity index (χ1) is 12.0. The fraction of sp³-hybridized carbons (Fsp3) is 0.579. The first kappa shape index (κ1) is 17.7. The van der Waals surface area contributed by atoms with Gasteiger partial charge in [0, 0.05) is 24.2 Å². The molecule has 0 bridgehead atoms. The minimum Gasteiger partial charge on any atom is -0.468 e. The van der Waals surface area contributed by atoms with Crippen molar-refractivity contribution in [1.29, 1.82) is 0 Å². The van der Waals surface area contributed by atoms with E-state index < -0.39 is 0 Å². The fourth-order valence-electron chi connectivity index (χ4n) is 3.80. The summed E-state index contributed by atoms with van der Waals surface area (Å²) in [6.07, 6.45) is 3.49. The van der Waals surface area contributed by atoms with Crippen molar-refractivity contribution in [2.45, 2.75) is 46.2 Å². The summed E-state index contributed by atoms with van der Waals surface area (Å²) in [6, 6.07) is 3.90. The number of rotatable bonds is 5. The van der Waals surface area contributed by atoms with Gasteiger partial charge in [-0.1, -0.05) is 0 Å². The average molecular weight is 344 g/mol. The van der Waals surface area contributed by atoms with Gasteiger partial charge in [-0.25, -0.2) is 0 Å². The topological polar surface area (TPSA) is 63.3 Å². The lowest BCUT2D eigenvalue weighted by atomic mass is 9.95. The molecule has 0 radical (unpaired) electrons. The van der Waals surface area contributed by atoms with Crippen LogP contribution in [0.5, 0.6) is 0 Å². The van der Waals surface area contributed by atoms with Gasteiger partial charge in [0.2, 0.25) is 5.91 Å². The van der Waals surface area contributed by atoms with Gasteiger partial charge in [0.25, 0.3) is 0 Å². The van der Waals surface area contributed by atoms with Crippen molar-refractivity contribution in [2.24, 2.45) is 13.0 Å². The Morgan fingerprint density at radius 1 is 1.40 bits per heavy atom. The molecule has 0 saturated carbocycles. The van der Waals surface area contributed by atoms with Crippen LogP contribution in [0.2, 0.25) is 0 Å². The Balaban J connectivity index is 1.52. The van der Waals surface area contributed by atoms with Crippen molar-refractivity contribution in [1.82, 2.24) is 20.0 Å². The summed E-state index contributed by atoms with van der Waals surface area (Å²) in [7, 11) is 1.94. The predicted octanol–water partition coefficient (Wildman–Crippen LogP) is 2.72. The Morgan fingerprint density at radius 3 is 2.68 bits per heavy atom. The second-order valence-electron chi connectivity index (χ2n) is 7.07. The van der Waals surface area contributed by atoms with E-state index >= 15 is 0 Å². The van der Waals surface area contributed by atoms with E-state index in [0.29, 0.717) is 0 Å². The number of amides is 1. The third kappa shape index (κ3) is 3.95. The SMILES string of the molecule is Cc1nn(C)c(C)c1[C@@H](C)NC(=O)C1CCN(Cc2ccco2)CC1. The van der Waals surface area contributed by atoms with Gasteiger partial charge in [0.1, 0.15) is 5.76 Å². The van der Waals surface area contributed by atoms with Gasteiger partial charge < -0.3 is 9.73 Å². The van der Waals surface area contributed by atoms with E-state index in [0.717, 1.165) is 55.2 Å².